The molecule has 1 aromatic heterocycles. The smallest absolute Gasteiger partial charge is 0.137 e. The first-order valence-corrected chi connectivity index (χ1v) is 6.15. The Hall–Kier alpha value is -1.61. The average Bonchev–Trinajstić information content (AvgIpc) is 2.75. The molecule has 0 spiro atoms. The summed E-state index contributed by atoms with van der Waals surface area (Å²) in [7, 11) is 0. The molecule has 3 heteroatoms. The first kappa shape index (κ1) is 12.8. The van der Waals surface area contributed by atoms with Gasteiger partial charge in [0, 0.05) is 6.04 Å². The molecule has 1 heterocycles. The fourth-order valence-electron chi connectivity index (χ4n) is 1.74. The summed E-state index contributed by atoms with van der Waals surface area (Å²) in [5.41, 5.74) is 1.42. The minimum absolute atomic E-state index is 0.243. The lowest BCUT2D eigenvalue weighted by Crippen LogP contribution is -2.21. The number of halogens is 1. The molecule has 0 saturated carbocycles. The van der Waals surface area contributed by atoms with Crippen LogP contribution >= 0.6 is 0 Å². The minimum atomic E-state index is -0.243. The number of aryl methyl sites for hydroxylation is 1. The summed E-state index contributed by atoms with van der Waals surface area (Å²) < 4.78 is 19.4. The Bertz CT molecular complexity index is 531. The second-order valence-corrected chi connectivity index (χ2v) is 4.78. The van der Waals surface area contributed by atoms with Gasteiger partial charge in [-0.15, -0.1) is 0 Å². The van der Waals surface area contributed by atoms with E-state index >= 15 is 0 Å². The van der Waals surface area contributed by atoms with E-state index in [2.05, 4.69) is 19.2 Å². The highest BCUT2D eigenvalue weighted by Crippen LogP contribution is 2.25. The monoisotopic (exact) mass is 247 g/mol. The van der Waals surface area contributed by atoms with Gasteiger partial charge in [-0.25, -0.2) is 4.39 Å². The van der Waals surface area contributed by atoms with Gasteiger partial charge in [-0.2, -0.15) is 0 Å². The maximum atomic E-state index is 13.8. The largest absolute Gasteiger partial charge is 0.460 e. The lowest BCUT2D eigenvalue weighted by Gasteiger charge is -2.05. The van der Waals surface area contributed by atoms with Crippen molar-refractivity contribution in [2.45, 2.75) is 33.4 Å². The lowest BCUT2D eigenvalue weighted by molar-refractivity contribution is 0.471. The summed E-state index contributed by atoms with van der Waals surface area (Å²) >= 11 is 0. The third-order valence-corrected chi connectivity index (χ3v) is 2.74. The highest BCUT2D eigenvalue weighted by atomic mass is 19.1. The maximum absolute atomic E-state index is 13.8. The van der Waals surface area contributed by atoms with Crippen LogP contribution < -0.4 is 5.32 Å². The summed E-state index contributed by atoms with van der Waals surface area (Å²) in [6.07, 6.45) is 0. The molecular formula is C15H18FNO. The van der Waals surface area contributed by atoms with Crippen LogP contribution in [0, 0.1) is 12.7 Å². The zero-order valence-corrected chi connectivity index (χ0v) is 11.0. The van der Waals surface area contributed by atoms with Crippen LogP contribution in [0.4, 0.5) is 4.39 Å². The van der Waals surface area contributed by atoms with Crippen molar-refractivity contribution in [2.75, 3.05) is 0 Å². The zero-order valence-electron chi connectivity index (χ0n) is 11.0. The molecule has 0 bridgehead atoms. The molecule has 1 aromatic carbocycles. The van der Waals surface area contributed by atoms with Gasteiger partial charge in [-0.05, 0) is 36.8 Å². The Morgan fingerprint density at radius 2 is 2.00 bits per heavy atom. The number of hydrogen-bond donors (Lipinski definition) is 1. The molecule has 0 atom stereocenters. The molecule has 2 nitrogen and oxygen atoms in total. The van der Waals surface area contributed by atoms with Gasteiger partial charge in [0.05, 0.1) is 12.1 Å². The molecule has 1 N–H and O–H groups in total. The Labute approximate surface area is 107 Å². The number of rotatable bonds is 4. The van der Waals surface area contributed by atoms with Gasteiger partial charge in [0.1, 0.15) is 17.3 Å². The van der Waals surface area contributed by atoms with E-state index < -0.39 is 0 Å². The zero-order chi connectivity index (χ0) is 13.1. The Morgan fingerprint density at radius 1 is 1.22 bits per heavy atom. The number of nitrogens with one attached hydrogen (secondary N) is 1. The standard InChI is InChI=1S/C15H18FNO/c1-10(2)17-9-12-5-7-15(18-12)13-6-4-11(3)8-14(13)16/h4-8,10,17H,9H2,1-3H3. The van der Waals surface area contributed by atoms with Crippen LogP contribution in [0.2, 0.25) is 0 Å². The lowest BCUT2D eigenvalue weighted by atomic mass is 10.1. The molecule has 0 aliphatic heterocycles. The maximum Gasteiger partial charge on any atom is 0.137 e. The van der Waals surface area contributed by atoms with Crippen LogP contribution in [-0.2, 0) is 6.54 Å². The van der Waals surface area contributed by atoms with Crippen molar-refractivity contribution >= 4 is 0 Å². The molecule has 2 rings (SSSR count). The van der Waals surface area contributed by atoms with Gasteiger partial charge in [-0.1, -0.05) is 19.9 Å². The molecule has 0 fully saturated rings. The molecule has 0 unspecified atom stereocenters. The molecule has 2 aromatic rings. The summed E-state index contributed by atoms with van der Waals surface area (Å²) in [5, 5.41) is 3.26. The Kier molecular flexibility index (Phi) is 3.82. The highest BCUT2D eigenvalue weighted by Gasteiger charge is 2.09. The second kappa shape index (κ2) is 5.36. The van der Waals surface area contributed by atoms with Gasteiger partial charge in [0.2, 0.25) is 0 Å². The van der Waals surface area contributed by atoms with Crippen molar-refractivity contribution in [2.24, 2.45) is 0 Å². The topological polar surface area (TPSA) is 25.2 Å². The molecule has 0 radical (unpaired) electrons. The molecule has 18 heavy (non-hydrogen) atoms. The Morgan fingerprint density at radius 3 is 2.67 bits per heavy atom. The van der Waals surface area contributed by atoms with Crippen molar-refractivity contribution in [3.63, 3.8) is 0 Å². The normalized spacial score (nSPS) is 11.2. The van der Waals surface area contributed by atoms with Crippen LogP contribution in [0.25, 0.3) is 11.3 Å². The quantitative estimate of drug-likeness (QED) is 0.886. The predicted molar refractivity (Wildman–Crippen MR) is 70.8 cm³/mol. The Balaban J connectivity index is 2.18. The van der Waals surface area contributed by atoms with Crippen LogP contribution in [0.5, 0.6) is 0 Å². The van der Waals surface area contributed by atoms with Crippen molar-refractivity contribution < 1.29 is 8.81 Å². The van der Waals surface area contributed by atoms with Crippen LogP contribution in [0.3, 0.4) is 0 Å². The van der Waals surface area contributed by atoms with E-state index in [4.69, 9.17) is 4.42 Å². The van der Waals surface area contributed by atoms with Gasteiger partial charge in [0.25, 0.3) is 0 Å². The van der Waals surface area contributed by atoms with Crippen LogP contribution in [0.1, 0.15) is 25.2 Å². The number of hydrogen-bond acceptors (Lipinski definition) is 2. The van der Waals surface area contributed by atoms with Gasteiger partial charge in [0.15, 0.2) is 0 Å². The SMILES string of the molecule is Cc1ccc(-c2ccc(CNC(C)C)o2)c(F)c1. The van der Waals surface area contributed by atoms with Crippen molar-refractivity contribution in [1.82, 2.24) is 5.32 Å². The average molecular weight is 247 g/mol. The van der Waals surface area contributed by atoms with Crippen molar-refractivity contribution in [3.05, 3.63) is 47.5 Å². The summed E-state index contributed by atoms with van der Waals surface area (Å²) in [6.45, 7) is 6.67. The summed E-state index contributed by atoms with van der Waals surface area (Å²) in [4.78, 5) is 0. The summed E-state index contributed by atoms with van der Waals surface area (Å²) in [5.74, 6) is 1.15. The van der Waals surface area contributed by atoms with E-state index in [1.54, 1.807) is 6.07 Å². The van der Waals surface area contributed by atoms with E-state index in [1.165, 1.54) is 6.07 Å². The number of benzene rings is 1. The van der Waals surface area contributed by atoms with Crippen LogP contribution in [-0.4, -0.2) is 6.04 Å². The van der Waals surface area contributed by atoms with E-state index in [0.29, 0.717) is 23.9 Å². The third-order valence-electron chi connectivity index (χ3n) is 2.74. The fraction of sp³-hybridized carbons (Fsp3) is 0.333. The van der Waals surface area contributed by atoms with Crippen molar-refractivity contribution in [1.29, 1.82) is 0 Å². The predicted octanol–water partition coefficient (Wildman–Crippen LogP) is 3.89. The van der Waals surface area contributed by atoms with E-state index in [1.807, 2.05) is 25.1 Å². The first-order chi connectivity index (χ1) is 8.56. The fourth-order valence-corrected chi connectivity index (χ4v) is 1.74. The molecule has 0 aliphatic rings. The molecule has 0 amide bonds. The minimum Gasteiger partial charge on any atom is -0.460 e. The van der Waals surface area contributed by atoms with Crippen LogP contribution in [0.15, 0.2) is 34.7 Å². The van der Waals surface area contributed by atoms with Crippen molar-refractivity contribution in [3.8, 4) is 11.3 Å². The van der Waals surface area contributed by atoms with Gasteiger partial charge >= 0.3 is 0 Å². The first-order valence-electron chi connectivity index (χ1n) is 6.15. The molecule has 0 saturated heterocycles. The van der Waals surface area contributed by atoms with E-state index in [0.717, 1.165) is 11.3 Å². The molecular weight excluding hydrogens is 229 g/mol. The molecule has 0 aliphatic carbocycles. The second-order valence-electron chi connectivity index (χ2n) is 4.78. The third kappa shape index (κ3) is 2.99. The van der Waals surface area contributed by atoms with E-state index in [9.17, 15) is 4.39 Å². The van der Waals surface area contributed by atoms with Gasteiger partial charge in [-0.3, -0.25) is 0 Å². The van der Waals surface area contributed by atoms with Gasteiger partial charge < -0.3 is 9.73 Å². The summed E-state index contributed by atoms with van der Waals surface area (Å²) in [6, 6.07) is 9.24. The number of furan rings is 1. The highest BCUT2D eigenvalue weighted by molar-refractivity contribution is 5.58. The molecule has 96 valence electrons. The van der Waals surface area contributed by atoms with E-state index in [-0.39, 0.29) is 5.82 Å².